The molecule has 3 rings (SSSR count). The molecular formula is C45H66N6O8. The minimum Gasteiger partial charge on any atom is -0.458 e. The number of benzene rings is 2. The fourth-order valence-corrected chi connectivity index (χ4v) is 7.55. The summed E-state index contributed by atoms with van der Waals surface area (Å²) in [5.74, 6) is -5.72. The Bertz CT molecular complexity index is 1780. The fourth-order valence-electron chi connectivity index (χ4n) is 7.55. The standard InChI is InChI=1S/C45H66N6O8/c1-26(2)24-34-42(55)50(12)37(29(7)8)45(58)59-30(9)38(51(13)41(54)32-22-18-15-19-23-32)44(57)48(10)33(25-31-20-16-14-17-21-31)39(52)46-35(27(3)4)40(53)47-36(28(5)6)43(56)49(34)11/h14-23,26-30,33-38H,24-25H2,1-13H3,(H,46,52)(H,47,53)/t30-,33+,34+,35+,36+,37+,38+/m1/s1. The Morgan fingerprint density at radius 1 is 0.661 bits per heavy atom. The van der Waals surface area contributed by atoms with Gasteiger partial charge < -0.3 is 35.0 Å². The highest BCUT2D eigenvalue weighted by Gasteiger charge is 2.44. The number of esters is 1. The second-order valence-corrected chi connectivity index (χ2v) is 17.2. The van der Waals surface area contributed by atoms with Crippen LogP contribution in [0.5, 0.6) is 0 Å². The molecular weight excluding hydrogens is 753 g/mol. The third kappa shape index (κ3) is 11.9. The van der Waals surface area contributed by atoms with Crippen LogP contribution in [0, 0.1) is 23.7 Å². The van der Waals surface area contributed by atoms with Crippen molar-refractivity contribution in [1.29, 1.82) is 0 Å². The number of nitrogens with one attached hydrogen (secondary N) is 2. The van der Waals surface area contributed by atoms with Gasteiger partial charge in [0.05, 0.1) is 0 Å². The van der Waals surface area contributed by atoms with Crippen molar-refractivity contribution in [2.24, 2.45) is 23.7 Å². The van der Waals surface area contributed by atoms with Crippen molar-refractivity contribution in [3.8, 4) is 0 Å². The van der Waals surface area contributed by atoms with E-state index in [1.165, 1.54) is 54.7 Å². The zero-order valence-electron chi connectivity index (χ0n) is 37.1. The number of carbonyl (C=O) groups excluding carboxylic acids is 7. The molecule has 1 aliphatic rings. The highest BCUT2D eigenvalue weighted by molar-refractivity contribution is 6.00. The number of carbonyl (C=O) groups is 7. The average Bonchev–Trinajstić information content (AvgIpc) is 3.18. The zero-order valence-corrected chi connectivity index (χ0v) is 37.1. The van der Waals surface area contributed by atoms with E-state index in [1.54, 1.807) is 84.0 Å². The molecule has 0 unspecified atom stereocenters. The lowest BCUT2D eigenvalue weighted by molar-refractivity contribution is -0.166. The molecule has 7 atom stereocenters. The number of amides is 6. The maximum absolute atomic E-state index is 14.9. The van der Waals surface area contributed by atoms with Crippen molar-refractivity contribution in [3.63, 3.8) is 0 Å². The summed E-state index contributed by atoms with van der Waals surface area (Å²) in [4.78, 5) is 106. The number of likely N-dealkylation sites (N-methyl/N-ethyl adjacent to an activating group) is 4. The first-order valence-electron chi connectivity index (χ1n) is 20.6. The van der Waals surface area contributed by atoms with Crippen LogP contribution in [-0.4, -0.2) is 132 Å². The van der Waals surface area contributed by atoms with Gasteiger partial charge in [0.1, 0.15) is 42.4 Å². The summed E-state index contributed by atoms with van der Waals surface area (Å²) >= 11 is 0. The Morgan fingerprint density at radius 3 is 1.68 bits per heavy atom. The molecule has 2 N–H and O–H groups in total. The summed E-state index contributed by atoms with van der Waals surface area (Å²) in [5.41, 5.74) is 1.00. The molecule has 1 heterocycles. The van der Waals surface area contributed by atoms with E-state index in [-0.39, 0.29) is 24.3 Å². The van der Waals surface area contributed by atoms with Gasteiger partial charge in [-0.05, 0) is 54.7 Å². The summed E-state index contributed by atoms with van der Waals surface area (Å²) in [7, 11) is 5.86. The molecule has 1 aliphatic heterocycles. The first kappa shape index (κ1) is 48.1. The first-order chi connectivity index (χ1) is 27.6. The van der Waals surface area contributed by atoms with Crippen molar-refractivity contribution in [3.05, 3.63) is 71.8 Å². The quantitative estimate of drug-likeness (QED) is 0.361. The van der Waals surface area contributed by atoms with Gasteiger partial charge in [0.25, 0.3) is 5.91 Å². The molecule has 0 spiro atoms. The van der Waals surface area contributed by atoms with Crippen LogP contribution in [0.25, 0.3) is 0 Å². The van der Waals surface area contributed by atoms with Crippen LogP contribution < -0.4 is 10.6 Å². The summed E-state index contributed by atoms with van der Waals surface area (Å²) in [6.45, 7) is 15.9. The normalized spacial score (nSPS) is 24.8. The Kier molecular flexibility index (Phi) is 17.2. The highest BCUT2D eigenvalue weighted by Crippen LogP contribution is 2.23. The molecule has 14 heteroatoms. The monoisotopic (exact) mass is 818 g/mol. The Hall–Kier alpha value is -5.27. The molecule has 0 bridgehead atoms. The minimum absolute atomic E-state index is 0.0377. The summed E-state index contributed by atoms with van der Waals surface area (Å²) in [5, 5.41) is 5.74. The summed E-state index contributed by atoms with van der Waals surface area (Å²) < 4.78 is 6.09. The topological polar surface area (TPSA) is 166 Å². The van der Waals surface area contributed by atoms with Gasteiger partial charge in [-0.25, -0.2) is 4.79 Å². The largest absolute Gasteiger partial charge is 0.458 e. The Labute approximate surface area is 350 Å². The van der Waals surface area contributed by atoms with Crippen LogP contribution in [0.3, 0.4) is 0 Å². The molecule has 0 aliphatic carbocycles. The van der Waals surface area contributed by atoms with Crippen molar-refractivity contribution in [2.75, 3.05) is 28.2 Å². The molecule has 1 saturated heterocycles. The van der Waals surface area contributed by atoms with Crippen LogP contribution in [0.2, 0.25) is 0 Å². The number of rotatable bonds is 9. The van der Waals surface area contributed by atoms with Gasteiger partial charge in [0.15, 0.2) is 0 Å². The molecule has 0 saturated carbocycles. The van der Waals surface area contributed by atoms with Gasteiger partial charge in [-0.15, -0.1) is 0 Å². The Balaban J connectivity index is 2.30. The van der Waals surface area contributed by atoms with Crippen LogP contribution in [0.15, 0.2) is 60.7 Å². The van der Waals surface area contributed by atoms with Gasteiger partial charge >= 0.3 is 5.97 Å². The van der Waals surface area contributed by atoms with E-state index in [4.69, 9.17) is 4.74 Å². The van der Waals surface area contributed by atoms with E-state index < -0.39 is 102 Å². The lowest BCUT2D eigenvalue weighted by atomic mass is 9.95. The third-order valence-electron chi connectivity index (χ3n) is 11.1. The molecule has 6 amide bonds. The molecule has 59 heavy (non-hydrogen) atoms. The van der Waals surface area contributed by atoms with Crippen molar-refractivity contribution < 1.29 is 38.3 Å². The van der Waals surface area contributed by atoms with Crippen LogP contribution in [0.4, 0.5) is 0 Å². The second kappa shape index (κ2) is 21.1. The molecule has 324 valence electrons. The minimum atomic E-state index is -1.44. The van der Waals surface area contributed by atoms with Gasteiger partial charge in [-0.3, -0.25) is 28.8 Å². The third-order valence-corrected chi connectivity index (χ3v) is 11.1. The fraction of sp³-hybridized carbons (Fsp3) is 0.578. The maximum atomic E-state index is 14.9. The van der Waals surface area contributed by atoms with Crippen LogP contribution >= 0.6 is 0 Å². The number of hydrogen-bond donors (Lipinski definition) is 2. The predicted octanol–water partition coefficient (Wildman–Crippen LogP) is 3.78. The first-order valence-corrected chi connectivity index (χ1v) is 20.6. The lowest BCUT2D eigenvalue weighted by Crippen LogP contribution is -2.62. The molecule has 14 nitrogen and oxygen atoms in total. The smallest absolute Gasteiger partial charge is 0.329 e. The highest BCUT2D eigenvalue weighted by atomic mass is 16.5. The van der Waals surface area contributed by atoms with Gasteiger partial charge in [0, 0.05) is 40.2 Å². The van der Waals surface area contributed by atoms with E-state index in [0.717, 1.165) is 5.56 Å². The van der Waals surface area contributed by atoms with Gasteiger partial charge in [-0.1, -0.05) is 104 Å². The summed E-state index contributed by atoms with van der Waals surface area (Å²) in [6.07, 6.45) is -0.988. The van der Waals surface area contributed by atoms with E-state index >= 15 is 0 Å². The van der Waals surface area contributed by atoms with Crippen molar-refractivity contribution in [2.45, 2.75) is 118 Å². The number of hydrogen-bond acceptors (Lipinski definition) is 8. The molecule has 2 aromatic rings. The van der Waals surface area contributed by atoms with E-state index in [0.29, 0.717) is 0 Å². The second-order valence-electron chi connectivity index (χ2n) is 17.2. The van der Waals surface area contributed by atoms with Crippen molar-refractivity contribution in [1.82, 2.24) is 30.2 Å². The molecule has 0 aromatic heterocycles. The van der Waals surface area contributed by atoms with E-state index in [9.17, 15) is 33.6 Å². The molecule has 2 aromatic carbocycles. The van der Waals surface area contributed by atoms with E-state index in [2.05, 4.69) is 10.6 Å². The zero-order chi connectivity index (χ0) is 44.5. The van der Waals surface area contributed by atoms with Gasteiger partial charge in [0.2, 0.25) is 29.5 Å². The van der Waals surface area contributed by atoms with Crippen molar-refractivity contribution >= 4 is 41.4 Å². The van der Waals surface area contributed by atoms with Crippen LogP contribution in [-0.2, 0) is 39.9 Å². The maximum Gasteiger partial charge on any atom is 0.329 e. The molecule has 0 radical (unpaired) electrons. The Morgan fingerprint density at radius 2 is 1.17 bits per heavy atom. The number of ether oxygens (including phenoxy) is 1. The average molecular weight is 819 g/mol. The SMILES string of the molecule is CC(C)C[C@H]1C(=O)N(C)[C@@H](C(C)C)C(=O)O[C@H](C)[C@H](N(C)C(=O)c2ccccc2)C(=O)N(C)[C@@H](Cc2ccccc2)C(=O)N[C@@H](C(C)C)C(=O)N[C@@H](C(C)C)C(=O)N1C. The van der Waals surface area contributed by atoms with Gasteiger partial charge in [-0.2, -0.15) is 0 Å². The molecule has 1 fully saturated rings. The van der Waals surface area contributed by atoms with E-state index in [1.807, 2.05) is 32.0 Å². The predicted molar refractivity (Wildman–Crippen MR) is 226 cm³/mol. The number of nitrogens with zero attached hydrogens (tertiary/aromatic N) is 4. The summed E-state index contributed by atoms with van der Waals surface area (Å²) in [6, 6.07) is 10.4. The number of cyclic esters (lactones) is 1. The lowest BCUT2D eigenvalue weighted by Gasteiger charge is -2.39. The van der Waals surface area contributed by atoms with Crippen LogP contribution in [0.1, 0.15) is 84.7 Å².